The summed E-state index contributed by atoms with van der Waals surface area (Å²) in [5.74, 6) is -0.314. The van der Waals surface area contributed by atoms with Gasteiger partial charge in [0.2, 0.25) is 0 Å². The van der Waals surface area contributed by atoms with Gasteiger partial charge in [0.15, 0.2) is 0 Å². The number of pyridine rings is 1. The number of rotatable bonds is 5. The Morgan fingerprint density at radius 2 is 1.56 bits per heavy atom. The van der Waals surface area contributed by atoms with Crippen LogP contribution >= 0.6 is 0 Å². The van der Waals surface area contributed by atoms with Crippen molar-refractivity contribution in [3.05, 3.63) is 77.2 Å². The highest BCUT2D eigenvalue weighted by Crippen LogP contribution is 2.26. The Labute approximate surface area is 158 Å². The number of hydrogen-bond donors (Lipinski definition) is 2. The van der Waals surface area contributed by atoms with Crippen molar-refractivity contribution in [2.45, 2.75) is 25.7 Å². The van der Waals surface area contributed by atoms with E-state index in [0.29, 0.717) is 0 Å². The zero-order valence-electron chi connectivity index (χ0n) is 15.2. The number of halogens is 1. The van der Waals surface area contributed by atoms with Gasteiger partial charge in [-0.1, -0.05) is 17.7 Å². The van der Waals surface area contributed by atoms with Crippen LogP contribution in [0.4, 0.5) is 21.6 Å². The average molecular weight is 385 g/mol. The van der Waals surface area contributed by atoms with Crippen LogP contribution in [0.1, 0.15) is 16.7 Å². The standard InChI is InChI=1S/C20H20FN3O2S/c1-13-10-14(2)20(15(3)11-13)23-17-6-9-19(22-12-17)24-27(25,26)18-7-4-16(21)5-8-18/h4-12,23H,1-3H3,(H,22,24). The molecule has 0 radical (unpaired) electrons. The summed E-state index contributed by atoms with van der Waals surface area (Å²) in [6, 6.07) is 12.1. The Bertz CT molecular complexity index is 1040. The predicted molar refractivity (Wildman–Crippen MR) is 105 cm³/mol. The van der Waals surface area contributed by atoms with E-state index in [1.165, 1.54) is 17.7 Å². The summed E-state index contributed by atoms with van der Waals surface area (Å²) >= 11 is 0. The van der Waals surface area contributed by atoms with E-state index in [0.717, 1.165) is 34.6 Å². The van der Waals surface area contributed by atoms with Crippen molar-refractivity contribution >= 4 is 27.2 Å². The SMILES string of the molecule is Cc1cc(C)c(Nc2ccc(NS(=O)(=O)c3ccc(F)cc3)nc2)c(C)c1. The van der Waals surface area contributed by atoms with Crippen LogP contribution < -0.4 is 10.0 Å². The maximum Gasteiger partial charge on any atom is 0.263 e. The summed E-state index contributed by atoms with van der Waals surface area (Å²) in [4.78, 5) is 4.12. The van der Waals surface area contributed by atoms with Gasteiger partial charge in [0.05, 0.1) is 16.8 Å². The van der Waals surface area contributed by atoms with E-state index in [1.54, 1.807) is 18.3 Å². The van der Waals surface area contributed by atoms with Crippen molar-refractivity contribution in [3.63, 3.8) is 0 Å². The van der Waals surface area contributed by atoms with Gasteiger partial charge in [0.25, 0.3) is 10.0 Å². The van der Waals surface area contributed by atoms with Crippen molar-refractivity contribution in [1.82, 2.24) is 4.98 Å². The highest BCUT2D eigenvalue weighted by atomic mass is 32.2. The average Bonchev–Trinajstić information content (AvgIpc) is 2.59. The Balaban J connectivity index is 1.77. The molecule has 27 heavy (non-hydrogen) atoms. The molecule has 0 amide bonds. The molecule has 0 bridgehead atoms. The fourth-order valence-electron chi connectivity index (χ4n) is 2.86. The molecule has 7 heteroatoms. The lowest BCUT2D eigenvalue weighted by molar-refractivity contribution is 0.599. The zero-order chi connectivity index (χ0) is 19.6. The van der Waals surface area contributed by atoms with E-state index in [1.807, 2.05) is 20.8 Å². The molecule has 0 aliphatic heterocycles. The fourth-order valence-corrected chi connectivity index (χ4v) is 3.87. The first-order valence-electron chi connectivity index (χ1n) is 8.34. The molecule has 0 aliphatic rings. The number of hydrogen-bond acceptors (Lipinski definition) is 4. The van der Waals surface area contributed by atoms with E-state index in [2.05, 4.69) is 27.2 Å². The maximum atomic E-state index is 13.0. The van der Waals surface area contributed by atoms with Crippen molar-refractivity contribution in [1.29, 1.82) is 0 Å². The number of nitrogens with one attached hydrogen (secondary N) is 2. The summed E-state index contributed by atoms with van der Waals surface area (Å²) in [6.45, 7) is 6.11. The molecule has 3 rings (SSSR count). The lowest BCUT2D eigenvalue weighted by atomic mass is 10.1. The molecule has 2 N–H and O–H groups in total. The number of nitrogens with zero attached hydrogens (tertiary/aromatic N) is 1. The molecule has 0 atom stereocenters. The van der Waals surface area contributed by atoms with Crippen LogP contribution in [0.25, 0.3) is 0 Å². The number of aryl methyl sites for hydroxylation is 3. The summed E-state index contributed by atoms with van der Waals surface area (Å²) in [7, 11) is -3.82. The molecule has 1 aromatic heterocycles. The molecule has 140 valence electrons. The Kier molecular flexibility index (Phi) is 5.14. The van der Waals surface area contributed by atoms with Gasteiger partial charge in [-0.2, -0.15) is 0 Å². The molecule has 0 unspecified atom stereocenters. The van der Waals surface area contributed by atoms with Gasteiger partial charge in [0, 0.05) is 5.69 Å². The minimum absolute atomic E-state index is 0.0289. The van der Waals surface area contributed by atoms with Gasteiger partial charge in [-0.25, -0.2) is 17.8 Å². The van der Waals surface area contributed by atoms with E-state index in [-0.39, 0.29) is 10.7 Å². The van der Waals surface area contributed by atoms with Gasteiger partial charge in [-0.3, -0.25) is 4.72 Å². The summed E-state index contributed by atoms with van der Waals surface area (Å²) in [6.07, 6.45) is 1.56. The second-order valence-corrected chi connectivity index (χ2v) is 8.07. The van der Waals surface area contributed by atoms with Gasteiger partial charge in [-0.15, -0.1) is 0 Å². The molecule has 0 spiro atoms. The van der Waals surface area contributed by atoms with E-state index in [4.69, 9.17) is 0 Å². The third kappa shape index (κ3) is 4.43. The van der Waals surface area contributed by atoms with Crippen LogP contribution in [-0.4, -0.2) is 13.4 Å². The molecule has 0 fully saturated rings. The first-order valence-corrected chi connectivity index (χ1v) is 9.82. The second-order valence-electron chi connectivity index (χ2n) is 6.39. The van der Waals surface area contributed by atoms with E-state index in [9.17, 15) is 12.8 Å². The number of anilines is 3. The first-order chi connectivity index (χ1) is 12.7. The van der Waals surface area contributed by atoms with Gasteiger partial charge < -0.3 is 5.32 Å². The van der Waals surface area contributed by atoms with Crippen molar-refractivity contribution < 1.29 is 12.8 Å². The fraction of sp³-hybridized carbons (Fsp3) is 0.150. The van der Waals surface area contributed by atoms with Crippen molar-refractivity contribution in [2.24, 2.45) is 0 Å². The van der Waals surface area contributed by atoms with Gasteiger partial charge in [0.1, 0.15) is 11.6 Å². The van der Waals surface area contributed by atoms with Crippen LogP contribution in [-0.2, 0) is 10.0 Å². The summed E-state index contributed by atoms with van der Waals surface area (Å²) in [5, 5.41) is 3.31. The van der Waals surface area contributed by atoms with Gasteiger partial charge in [-0.05, 0) is 68.3 Å². The smallest absolute Gasteiger partial charge is 0.263 e. The van der Waals surface area contributed by atoms with E-state index < -0.39 is 15.8 Å². The second kappa shape index (κ2) is 7.36. The van der Waals surface area contributed by atoms with Crippen molar-refractivity contribution in [2.75, 3.05) is 10.0 Å². The number of sulfonamides is 1. The highest BCUT2D eigenvalue weighted by Gasteiger charge is 2.15. The molecular weight excluding hydrogens is 365 g/mol. The Hall–Kier alpha value is -2.93. The van der Waals surface area contributed by atoms with Crippen LogP contribution in [0, 0.1) is 26.6 Å². The largest absolute Gasteiger partial charge is 0.354 e. The van der Waals surface area contributed by atoms with Gasteiger partial charge >= 0.3 is 0 Å². The third-order valence-corrected chi connectivity index (χ3v) is 5.44. The van der Waals surface area contributed by atoms with E-state index >= 15 is 0 Å². The molecule has 0 aliphatic carbocycles. The monoisotopic (exact) mass is 385 g/mol. The molecule has 0 saturated heterocycles. The maximum absolute atomic E-state index is 13.0. The summed E-state index contributed by atoms with van der Waals surface area (Å²) < 4.78 is 40.0. The normalized spacial score (nSPS) is 11.3. The minimum atomic E-state index is -3.82. The molecule has 1 heterocycles. The quantitative estimate of drug-likeness (QED) is 0.668. The Morgan fingerprint density at radius 1 is 0.926 bits per heavy atom. The van der Waals surface area contributed by atoms with Crippen molar-refractivity contribution in [3.8, 4) is 0 Å². The molecule has 3 aromatic rings. The predicted octanol–water partition coefficient (Wildman–Crippen LogP) is 4.69. The lowest BCUT2D eigenvalue weighted by Gasteiger charge is -2.14. The van der Waals surface area contributed by atoms with Crippen LogP contribution in [0.2, 0.25) is 0 Å². The van der Waals surface area contributed by atoms with Crippen LogP contribution in [0.15, 0.2) is 59.6 Å². The van der Waals surface area contributed by atoms with Crippen LogP contribution in [0.3, 0.4) is 0 Å². The third-order valence-electron chi connectivity index (χ3n) is 4.07. The first kappa shape index (κ1) is 18.8. The number of aromatic nitrogens is 1. The lowest BCUT2D eigenvalue weighted by Crippen LogP contribution is -2.13. The highest BCUT2D eigenvalue weighted by molar-refractivity contribution is 7.92. The number of benzene rings is 2. The molecule has 5 nitrogen and oxygen atoms in total. The molecule has 0 saturated carbocycles. The minimum Gasteiger partial charge on any atom is -0.354 e. The topological polar surface area (TPSA) is 71.1 Å². The molecule has 2 aromatic carbocycles. The Morgan fingerprint density at radius 3 is 2.11 bits per heavy atom. The summed E-state index contributed by atoms with van der Waals surface area (Å²) in [5.41, 5.74) is 5.18. The molecular formula is C20H20FN3O2S. The van der Waals surface area contributed by atoms with Crippen LogP contribution in [0.5, 0.6) is 0 Å². The zero-order valence-corrected chi connectivity index (χ0v) is 16.1.